The van der Waals surface area contributed by atoms with Gasteiger partial charge in [0, 0.05) is 28.5 Å². The third-order valence-electron chi connectivity index (χ3n) is 2.45. The van der Waals surface area contributed by atoms with Crippen LogP contribution in [0.3, 0.4) is 0 Å². The van der Waals surface area contributed by atoms with Gasteiger partial charge in [-0.3, -0.25) is 0 Å². The molecule has 0 bridgehead atoms. The summed E-state index contributed by atoms with van der Waals surface area (Å²) in [6.07, 6.45) is 2.88. The molecule has 0 amide bonds. The lowest BCUT2D eigenvalue weighted by Crippen LogP contribution is -1.99. The molecule has 1 aromatic heterocycles. The first-order chi connectivity index (χ1) is 7.20. The maximum absolute atomic E-state index is 10.1. The molecular weight excluding hydrogens is 210 g/mol. The van der Waals surface area contributed by atoms with Crippen molar-refractivity contribution >= 4 is 11.6 Å². The molecule has 0 spiro atoms. The number of hydrogen-bond donors (Lipinski definition) is 2. The van der Waals surface area contributed by atoms with Crippen molar-refractivity contribution in [2.75, 3.05) is 0 Å². The molecule has 2 rings (SSSR count). The van der Waals surface area contributed by atoms with Gasteiger partial charge in [0.1, 0.15) is 6.10 Å². The molecule has 2 aromatic rings. The smallest absolute Gasteiger partial charge is 0.107 e. The predicted octanol–water partition coefficient (Wildman–Crippen LogP) is 3.06. The molecule has 0 aliphatic heterocycles. The number of aryl methyl sites for hydroxylation is 1. The van der Waals surface area contributed by atoms with Gasteiger partial charge in [-0.15, -0.1) is 0 Å². The molecule has 0 fully saturated rings. The average molecular weight is 222 g/mol. The van der Waals surface area contributed by atoms with Gasteiger partial charge in [0.05, 0.1) is 0 Å². The lowest BCUT2D eigenvalue weighted by molar-refractivity contribution is 0.220. The van der Waals surface area contributed by atoms with E-state index in [0.29, 0.717) is 5.02 Å². The molecule has 0 saturated heterocycles. The molecular formula is C12H12ClNO. The molecule has 2 nitrogen and oxygen atoms in total. The maximum Gasteiger partial charge on any atom is 0.107 e. The number of halogens is 1. The number of nitrogens with one attached hydrogen (secondary N) is 1. The largest absolute Gasteiger partial charge is 0.384 e. The van der Waals surface area contributed by atoms with Gasteiger partial charge in [-0.25, -0.2) is 0 Å². The molecule has 2 N–H and O–H groups in total. The summed E-state index contributed by atoms with van der Waals surface area (Å²) in [5, 5.41) is 10.7. The van der Waals surface area contributed by atoms with E-state index in [1.807, 2.05) is 31.2 Å². The van der Waals surface area contributed by atoms with Gasteiger partial charge in [0.25, 0.3) is 0 Å². The first kappa shape index (κ1) is 10.3. The third-order valence-corrected chi connectivity index (χ3v) is 2.97. The van der Waals surface area contributed by atoms with E-state index in [4.69, 9.17) is 11.6 Å². The molecule has 0 aliphatic rings. The Bertz CT molecular complexity index is 451. The van der Waals surface area contributed by atoms with Crippen molar-refractivity contribution < 1.29 is 5.11 Å². The fourth-order valence-corrected chi connectivity index (χ4v) is 1.80. The van der Waals surface area contributed by atoms with Crippen molar-refractivity contribution in [3.05, 3.63) is 58.4 Å². The number of H-pyrrole nitrogens is 1. The van der Waals surface area contributed by atoms with E-state index in [1.54, 1.807) is 12.4 Å². The molecule has 0 aliphatic carbocycles. The van der Waals surface area contributed by atoms with Crippen LogP contribution in [0, 0.1) is 6.92 Å². The SMILES string of the molecule is Cc1cccc(C(O)c2cc[nH]c2)c1Cl. The Balaban J connectivity index is 2.42. The maximum atomic E-state index is 10.1. The van der Waals surface area contributed by atoms with E-state index in [9.17, 15) is 5.11 Å². The van der Waals surface area contributed by atoms with E-state index in [2.05, 4.69) is 4.98 Å². The minimum Gasteiger partial charge on any atom is -0.384 e. The monoisotopic (exact) mass is 221 g/mol. The molecule has 78 valence electrons. The molecule has 1 heterocycles. The fraction of sp³-hybridized carbons (Fsp3) is 0.167. The Morgan fingerprint density at radius 1 is 1.33 bits per heavy atom. The minimum absolute atomic E-state index is 0.631. The van der Waals surface area contributed by atoms with Crippen molar-refractivity contribution in [1.82, 2.24) is 4.98 Å². The minimum atomic E-state index is -0.663. The second-order valence-electron chi connectivity index (χ2n) is 3.52. The molecule has 1 aromatic carbocycles. The number of hydrogen-bond acceptors (Lipinski definition) is 1. The summed E-state index contributed by atoms with van der Waals surface area (Å²) in [6, 6.07) is 7.50. The zero-order chi connectivity index (χ0) is 10.8. The van der Waals surface area contributed by atoms with Gasteiger partial charge >= 0.3 is 0 Å². The van der Waals surface area contributed by atoms with Crippen molar-refractivity contribution in [2.45, 2.75) is 13.0 Å². The molecule has 0 radical (unpaired) electrons. The number of aromatic amines is 1. The highest BCUT2D eigenvalue weighted by atomic mass is 35.5. The normalized spacial score (nSPS) is 12.7. The van der Waals surface area contributed by atoms with Crippen LogP contribution >= 0.6 is 11.6 Å². The Morgan fingerprint density at radius 3 is 2.80 bits per heavy atom. The average Bonchev–Trinajstić information content (AvgIpc) is 2.74. The van der Waals surface area contributed by atoms with E-state index in [1.165, 1.54) is 0 Å². The summed E-state index contributed by atoms with van der Waals surface area (Å²) in [5.74, 6) is 0. The van der Waals surface area contributed by atoms with Gasteiger partial charge in [-0.1, -0.05) is 29.8 Å². The number of rotatable bonds is 2. The molecule has 1 atom stereocenters. The van der Waals surface area contributed by atoms with Crippen molar-refractivity contribution in [2.24, 2.45) is 0 Å². The third kappa shape index (κ3) is 1.91. The highest BCUT2D eigenvalue weighted by Gasteiger charge is 2.14. The van der Waals surface area contributed by atoms with Crippen LogP contribution in [0.25, 0.3) is 0 Å². The van der Waals surface area contributed by atoms with E-state index in [-0.39, 0.29) is 0 Å². The quantitative estimate of drug-likeness (QED) is 0.804. The van der Waals surface area contributed by atoms with Crippen molar-refractivity contribution in [3.8, 4) is 0 Å². The topological polar surface area (TPSA) is 36.0 Å². The summed E-state index contributed by atoms with van der Waals surface area (Å²) in [6.45, 7) is 1.93. The lowest BCUT2D eigenvalue weighted by Gasteiger charge is -2.12. The van der Waals surface area contributed by atoms with E-state index in [0.717, 1.165) is 16.7 Å². The van der Waals surface area contributed by atoms with Crippen molar-refractivity contribution in [1.29, 1.82) is 0 Å². The van der Waals surface area contributed by atoms with Gasteiger partial charge in [0.15, 0.2) is 0 Å². The van der Waals surface area contributed by atoms with Crippen molar-refractivity contribution in [3.63, 3.8) is 0 Å². The standard InChI is InChI=1S/C12H12ClNO/c1-8-3-2-4-10(11(8)13)12(15)9-5-6-14-7-9/h2-7,12,14-15H,1H3. The van der Waals surface area contributed by atoms with Gasteiger partial charge in [-0.05, 0) is 18.6 Å². The summed E-state index contributed by atoms with van der Waals surface area (Å²) < 4.78 is 0. The number of aromatic nitrogens is 1. The summed E-state index contributed by atoms with van der Waals surface area (Å²) in [4.78, 5) is 2.91. The number of benzene rings is 1. The first-order valence-electron chi connectivity index (χ1n) is 4.76. The Hall–Kier alpha value is -1.25. The van der Waals surface area contributed by atoms with Crippen LogP contribution < -0.4 is 0 Å². The number of aliphatic hydroxyl groups excluding tert-OH is 1. The second-order valence-corrected chi connectivity index (χ2v) is 3.90. The van der Waals surface area contributed by atoms with E-state index < -0.39 is 6.10 Å². The fourth-order valence-electron chi connectivity index (χ4n) is 1.57. The predicted molar refractivity (Wildman–Crippen MR) is 61.0 cm³/mol. The summed E-state index contributed by atoms with van der Waals surface area (Å²) in [5.41, 5.74) is 2.54. The van der Waals surface area contributed by atoms with Crippen LogP contribution in [-0.4, -0.2) is 10.1 Å². The van der Waals surface area contributed by atoms with Crippen LogP contribution in [0.4, 0.5) is 0 Å². The van der Waals surface area contributed by atoms with Crippen LogP contribution in [0.15, 0.2) is 36.7 Å². The zero-order valence-corrected chi connectivity index (χ0v) is 9.12. The highest BCUT2D eigenvalue weighted by Crippen LogP contribution is 2.29. The summed E-state index contributed by atoms with van der Waals surface area (Å²) >= 11 is 6.13. The van der Waals surface area contributed by atoms with Crippen LogP contribution in [0.5, 0.6) is 0 Å². The molecule has 1 unspecified atom stereocenters. The second kappa shape index (κ2) is 4.09. The lowest BCUT2D eigenvalue weighted by atomic mass is 10.0. The van der Waals surface area contributed by atoms with Crippen LogP contribution in [0.2, 0.25) is 5.02 Å². The van der Waals surface area contributed by atoms with Crippen LogP contribution in [-0.2, 0) is 0 Å². The Labute approximate surface area is 93.5 Å². The Kier molecular flexibility index (Phi) is 2.80. The highest BCUT2D eigenvalue weighted by molar-refractivity contribution is 6.32. The van der Waals surface area contributed by atoms with Gasteiger partial charge in [-0.2, -0.15) is 0 Å². The first-order valence-corrected chi connectivity index (χ1v) is 5.13. The number of aliphatic hydroxyl groups is 1. The summed E-state index contributed by atoms with van der Waals surface area (Å²) in [7, 11) is 0. The zero-order valence-electron chi connectivity index (χ0n) is 8.37. The Morgan fingerprint density at radius 2 is 2.13 bits per heavy atom. The molecule has 15 heavy (non-hydrogen) atoms. The molecule has 3 heteroatoms. The van der Waals surface area contributed by atoms with E-state index >= 15 is 0 Å². The van der Waals surface area contributed by atoms with Crippen LogP contribution in [0.1, 0.15) is 22.8 Å². The van der Waals surface area contributed by atoms with Gasteiger partial charge < -0.3 is 10.1 Å². The van der Waals surface area contributed by atoms with Gasteiger partial charge in [0.2, 0.25) is 0 Å². The molecule has 0 saturated carbocycles.